The molecule has 5 heteroatoms. The summed E-state index contributed by atoms with van der Waals surface area (Å²) >= 11 is 0. The van der Waals surface area contributed by atoms with Gasteiger partial charge >= 0.3 is 0 Å². The van der Waals surface area contributed by atoms with Gasteiger partial charge in [0, 0.05) is 5.56 Å². The molecule has 0 aliphatic carbocycles. The van der Waals surface area contributed by atoms with E-state index in [1.807, 2.05) is 48.5 Å². The molecule has 0 fully saturated rings. The standard InChI is InChI=1S/C19H18N4O/c1-2-11-24-18-9-7-15(8-10-18)19-13-21-22-23(19)14-17-6-4-3-5-16(17)12-20/h3-10,13H,2,11,14H2,1H3. The Kier molecular flexibility index (Phi) is 4.87. The molecule has 0 aliphatic rings. The first kappa shape index (κ1) is 15.8. The first-order valence-corrected chi connectivity index (χ1v) is 7.91. The van der Waals surface area contributed by atoms with Crippen molar-refractivity contribution in [3.8, 4) is 23.1 Å². The van der Waals surface area contributed by atoms with E-state index in [2.05, 4.69) is 23.3 Å². The SMILES string of the molecule is CCCOc1ccc(-c2cnnn2Cc2ccccc2C#N)cc1. The second-order valence-corrected chi connectivity index (χ2v) is 5.42. The quantitative estimate of drug-likeness (QED) is 0.696. The molecule has 0 amide bonds. The van der Waals surface area contributed by atoms with Crippen LogP contribution in [0.25, 0.3) is 11.3 Å². The largest absolute Gasteiger partial charge is 0.494 e. The maximum atomic E-state index is 9.23. The molecule has 120 valence electrons. The van der Waals surface area contributed by atoms with Crippen molar-refractivity contribution in [2.45, 2.75) is 19.9 Å². The molecule has 2 aromatic carbocycles. The molecule has 0 saturated heterocycles. The number of aromatic nitrogens is 3. The molecule has 0 radical (unpaired) electrons. The maximum Gasteiger partial charge on any atom is 0.119 e. The van der Waals surface area contributed by atoms with Crippen LogP contribution in [-0.2, 0) is 6.54 Å². The zero-order chi connectivity index (χ0) is 16.8. The molecule has 3 rings (SSSR count). The molecule has 0 aliphatic heterocycles. The number of nitrogens with zero attached hydrogens (tertiary/aromatic N) is 4. The summed E-state index contributed by atoms with van der Waals surface area (Å²) in [5, 5.41) is 17.4. The van der Waals surface area contributed by atoms with Gasteiger partial charge < -0.3 is 4.74 Å². The third-order valence-corrected chi connectivity index (χ3v) is 3.70. The van der Waals surface area contributed by atoms with Crippen LogP contribution in [0.1, 0.15) is 24.5 Å². The highest BCUT2D eigenvalue weighted by molar-refractivity contribution is 5.59. The van der Waals surface area contributed by atoms with Crippen LogP contribution in [0.4, 0.5) is 0 Å². The fourth-order valence-electron chi connectivity index (χ4n) is 2.47. The van der Waals surface area contributed by atoms with E-state index in [1.165, 1.54) is 0 Å². The summed E-state index contributed by atoms with van der Waals surface area (Å²) in [4.78, 5) is 0. The Bertz CT molecular complexity index is 846. The minimum absolute atomic E-state index is 0.507. The van der Waals surface area contributed by atoms with Crippen molar-refractivity contribution < 1.29 is 4.74 Å². The summed E-state index contributed by atoms with van der Waals surface area (Å²) in [6, 6.07) is 17.6. The predicted molar refractivity (Wildman–Crippen MR) is 91.5 cm³/mol. The Morgan fingerprint density at radius 2 is 1.92 bits per heavy atom. The van der Waals surface area contributed by atoms with E-state index in [0.717, 1.165) is 29.0 Å². The topological polar surface area (TPSA) is 63.7 Å². The monoisotopic (exact) mass is 318 g/mol. The van der Waals surface area contributed by atoms with Crippen LogP contribution in [0, 0.1) is 11.3 Å². The van der Waals surface area contributed by atoms with Crippen LogP contribution < -0.4 is 4.74 Å². The van der Waals surface area contributed by atoms with Gasteiger partial charge in [-0.3, -0.25) is 0 Å². The maximum absolute atomic E-state index is 9.23. The molecule has 0 unspecified atom stereocenters. The Morgan fingerprint density at radius 1 is 1.12 bits per heavy atom. The zero-order valence-electron chi connectivity index (χ0n) is 13.5. The van der Waals surface area contributed by atoms with Gasteiger partial charge in [0.1, 0.15) is 5.75 Å². The smallest absolute Gasteiger partial charge is 0.119 e. The summed E-state index contributed by atoms with van der Waals surface area (Å²) in [5.74, 6) is 0.856. The fraction of sp³-hybridized carbons (Fsp3) is 0.211. The van der Waals surface area contributed by atoms with Gasteiger partial charge in [-0.05, 0) is 42.3 Å². The Labute approximate surface area is 141 Å². The van der Waals surface area contributed by atoms with Crippen molar-refractivity contribution in [2.75, 3.05) is 6.61 Å². The molecule has 1 heterocycles. The van der Waals surface area contributed by atoms with Crippen molar-refractivity contribution >= 4 is 0 Å². The molecule has 24 heavy (non-hydrogen) atoms. The first-order valence-electron chi connectivity index (χ1n) is 7.91. The van der Waals surface area contributed by atoms with Gasteiger partial charge in [0.2, 0.25) is 0 Å². The van der Waals surface area contributed by atoms with Gasteiger partial charge in [0.25, 0.3) is 0 Å². The number of benzene rings is 2. The van der Waals surface area contributed by atoms with E-state index in [1.54, 1.807) is 10.9 Å². The van der Waals surface area contributed by atoms with Gasteiger partial charge in [-0.2, -0.15) is 5.26 Å². The molecule has 3 aromatic rings. The summed E-state index contributed by atoms with van der Waals surface area (Å²) in [6.07, 6.45) is 2.72. The van der Waals surface area contributed by atoms with E-state index < -0.39 is 0 Å². The normalized spacial score (nSPS) is 10.3. The number of nitriles is 1. The van der Waals surface area contributed by atoms with Crippen molar-refractivity contribution in [1.82, 2.24) is 15.0 Å². The number of ether oxygens (including phenoxy) is 1. The van der Waals surface area contributed by atoms with E-state index in [9.17, 15) is 5.26 Å². The van der Waals surface area contributed by atoms with Crippen LogP contribution in [0.15, 0.2) is 54.7 Å². The molecular formula is C19H18N4O. The third kappa shape index (κ3) is 3.44. The molecule has 0 atom stereocenters. The average Bonchev–Trinajstić information content (AvgIpc) is 3.09. The number of hydrogen-bond donors (Lipinski definition) is 0. The van der Waals surface area contributed by atoms with Crippen molar-refractivity contribution in [2.24, 2.45) is 0 Å². The molecule has 1 aromatic heterocycles. The minimum atomic E-state index is 0.507. The number of rotatable bonds is 6. The average molecular weight is 318 g/mol. The Morgan fingerprint density at radius 3 is 2.67 bits per heavy atom. The van der Waals surface area contributed by atoms with Crippen LogP contribution >= 0.6 is 0 Å². The van der Waals surface area contributed by atoms with Gasteiger partial charge in [0.05, 0.1) is 36.7 Å². The molecule has 5 nitrogen and oxygen atoms in total. The summed E-state index contributed by atoms with van der Waals surface area (Å²) in [5.41, 5.74) is 3.50. The summed E-state index contributed by atoms with van der Waals surface area (Å²) < 4.78 is 7.41. The number of hydrogen-bond acceptors (Lipinski definition) is 4. The van der Waals surface area contributed by atoms with Crippen LogP contribution in [0.3, 0.4) is 0 Å². The third-order valence-electron chi connectivity index (χ3n) is 3.70. The van der Waals surface area contributed by atoms with Crippen molar-refractivity contribution in [3.05, 3.63) is 65.9 Å². The zero-order valence-corrected chi connectivity index (χ0v) is 13.5. The van der Waals surface area contributed by atoms with E-state index >= 15 is 0 Å². The van der Waals surface area contributed by atoms with Gasteiger partial charge in [-0.15, -0.1) is 5.10 Å². The Hall–Kier alpha value is -3.13. The molecule has 0 saturated carbocycles. The molecular weight excluding hydrogens is 300 g/mol. The lowest BCUT2D eigenvalue weighted by molar-refractivity contribution is 0.317. The molecule has 0 N–H and O–H groups in total. The molecule has 0 bridgehead atoms. The first-order chi connectivity index (χ1) is 11.8. The Balaban J connectivity index is 1.84. The second kappa shape index (κ2) is 7.42. The van der Waals surface area contributed by atoms with Gasteiger partial charge in [-0.1, -0.05) is 30.3 Å². The lowest BCUT2D eigenvalue weighted by Crippen LogP contribution is -2.05. The van der Waals surface area contributed by atoms with E-state index in [-0.39, 0.29) is 0 Å². The minimum Gasteiger partial charge on any atom is -0.494 e. The van der Waals surface area contributed by atoms with Gasteiger partial charge in [0.15, 0.2) is 0 Å². The highest BCUT2D eigenvalue weighted by Crippen LogP contribution is 2.22. The van der Waals surface area contributed by atoms with E-state index in [4.69, 9.17) is 4.74 Å². The lowest BCUT2D eigenvalue weighted by atomic mass is 10.1. The highest BCUT2D eigenvalue weighted by atomic mass is 16.5. The second-order valence-electron chi connectivity index (χ2n) is 5.42. The van der Waals surface area contributed by atoms with Crippen molar-refractivity contribution in [3.63, 3.8) is 0 Å². The fourth-order valence-corrected chi connectivity index (χ4v) is 2.47. The van der Waals surface area contributed by atoms with Crippen LogP contribution in [0.5, 0.6) is 5.75 Å². The van der Waals surface area contributed by atoms with Crippen molar-refractivity contribution in [1.29, 1.82) is 5.26 Å². The van der Waals surface area contributed by atoms with Crippen LogP contribution in [0.2, 0.25) is 0 Å². The highest BCUT2D eigenvalue weighted by Gasteiger charge is 2.09. The molecule has 0 spiro atoms. The summed E-state index contributed by atoms with van der Waals surface area (Å²) in [6.45, 7) is 3.30. The van der Waals surface area contributed by atoms with E-state index in [0.29, 0.717) is 18.7 Å². The van der Waals surface area contributed by atoms with Crippen LogP contribution in [-0.4, -0.2) is 21.6 Å². The lowest BCUT2D eigenvalue weighted by Gasteiger charge is -2.09. The predicted octanol–water partition coefficient (Wildman–Crippen LogP) is 3.65. The van der Waals surface area contributed by atoms with Gasteiger partial charge in [-0.25, -0.2) is 4.68 Å². The summed E-state index contributed by atoms with van der Waals surface area (Å²) in [7, 11) is 0.